The normalized spacial score (nSPS) is 27.0. The van der Waals surface area contributed by atoms with Crippen molar-refractivity contribution in [2.75, 3.05) is 25.4 Å². The summed E-state index contributed by atoms with van der Waals surface area (Å²) in [5.41, 5.74) is 2.28. The van der Waals surface area contributed by atoms with E-state index < -0.39 is 10.0 Å². The third-order valence-electron chi connectivity index (χ3n) is 4.60. The fourth-order valence-corrected chi connectivity index (χ4v) is 5.07. The molecule has 0 aliphatic carbocycles. The molecule has 2 saturated heterocycles. The summed E-state index contributed by atoms with van der Waals surface area (Å²) in [5.74, 6) is 0.291. The third kappa shape index (κ3) is 3.47. The van der Waals surface area contributed by atoms with Gasteiger partial charge in [0, 0.05) is 19.1 Å². The van der Waals surface area contributed by atoms with Crippen LogP contribution in [0.2, 0.25) is 0 Å². The molecule has 2 aliphatic heterocycles. The first kappa shape index (κ1) is 15.0. The Morgan fingerprint density at radius 2 is 1.76 bits per heavy atom. The molecule has 0 spiro atoms. The molecule has 2 fully saturated rings. The summed E-state index contributed by atoms with van der Waals surface area (Å²) < 4.78 is 26.4. The van der Waals surface area contributed by atoms with E-state index in [0.29, 0.717) is 18.8 Å². The molecule has 5 heteroatoms. The minimum absolute atomic E-state index is 0.181. The van der Waals surface area contributed by atoms with Crippen LogP contribution in [0.3, 0.4) is 0 Å². The zero-order chi connectivity index (χ0) is 14.9. The zero-order valence-corrected chi connectivity index (χ0v) is 13.5. The van der Waals surface area contributed by atoms with Crippen molar-refractivity contribution >= 4 is 10.0 Å². The maximum atomic E-state index is 12.4. The molecular weight excluding hydrogens is 284 g/mol. The van der Waals surface area contributed by atoms with Crippen LogP contribution in [0, 0.1) is 6.92 Å². The zero-order valence-electron chi connectivity index (χ0n) is 12.7. The van der Waals surface area contributed by atoms with E-state index in [0.717, 1.165) is 18.7 Å². The van der Waals surface area contributed by atoms with Crippen LogP contribution in [0.5, 0.6) is 0 Å². The van der Waals surface area contributed by atoms with Crippen molar-refractivity contribution in [3.8, 4) is 0 Å². The van der Waals surface area contributed by atoms with Gasteiger partial charge in [-0.2, -0.15) is 4.31 Å². The minimum Gasteiger partial charge on any atom is -0.298 e. The van der Waals surface area contributed by atoms with E-state index in [2.05, 4.69) is 4.90 Å². The van der Waals surface area contributed by atoms with Crippen LogP contribution in [0.25, 0.3) is 0 Å². The summed E-state index contributed by atoms with van der Waals surface area (Å²) in [6.45, 7) is 5.31. The lowest BCUT2D eigenvalue weighted by Crippen LogP contribution is -2.42. The van der Waals surface area contributed by atoms with Gasteiger partial charge in [0.2, 0.25) is 10.0 Å². The SMILES string of the molecule is Cc1ccc(CN2CC(N3CCCCC3)CS2(=O)=O)cc1. The Kier molecular flexibility index (Phi) is 4.33. The number of aryl methyl sites for hydroxylation is 1. The number of sulfonamides is 1. The average molecular weight is 308 g/mol. The Bertz CT molecular complexity index is 577. The highest BCUT2D eigenvalue weighted by molar-refractivity contribution is 7.89. The molecule has 2 aliphatic rings. The topological polar surface area (TPSA) is 40.6 Å². The second kappa shape index (κ2) is 6.07. The summed E-state index contributed by atoms with van der Waals surface area (Å²) in [7, 11) is -3.10. The van der Waals surface area contributed by atoms with E-state index in [4.69, 9.17) is 0 Å². The van der Waals surface area contributed by atoms with Gasteiger partial charge in [-0.25, -0.2) is 8.42 Å². The number of likely N-dealkylation sites (tertiary alicyclic amines) is 1. The molecule has 0 amide bonds. The predicted molar refractivity (Wildman–Crippen MR) is 84.6 cm³/mol. The maximum Gasteiger partial charge on any atom is 0.216 e. The lowest BCUT2D eigenvalue weighted by molar-refractivity contribution is 0.168. The number of hydrogen-bond donors (Lipinski definition) is 0. The van der Waals surface area contributed by atoms with Crippen LogP contribution in [-0.4, -0.2) is 49.1 Å². The van der Waals surface area contributed by atoms with E-state index in [9.17, 15) is 8.42 Å². The van der Waals surface area contributed by atoms with E-state index in [-0.39, 0.29) is 6.04 Å². The number of piperidine rings is 1. The van der Waals surface area contributed by atoms with Crippen molar-refractivity contribution < 1.29 is 8.42 Å². The minimum atomic E-state index is -3.10. The Hall–Kier alpha value is -0.910. The monoisotopic (exact) mass is 308 g/mol. The molecule has 2 heterocycles. The molecule has 0 saturated carbocycles. The number of rotatable bonds is 3. The Balaban J connectivity index is 1.69. The standard InChI is InChI=1S/C16H24N2O2S/c1-14-5-7-15(8-6-14)11-18-12-16(13-21(18,19)20)17-9-3-2-4-10-17/h5-8,16H,2-4,9-13H2,1H3. The first-order valence-corrected chi connectivity index (χ1v) is 9.43. The second-order valence-corrected chi connectivity index (χ2v) is 8.32. The molecule has 4 nitrogen and oxygen atoms in total. The van der Waals surface area contributed by atoms with Gasteiger partial charge in [-0.1, -0.05) is 36.2 Å². The van der Waals surface area contributed by atoms with Crippen molar-refractivity contribution in [3.63, 3.8) is 0 Å². The number of nitrogens with zero attached hydrogens (tertiary/aromatic N) is 2. The van der Waals surface area contributed by atoms with Crippen molar-refractivity contribution in [1.82, 2.24) is 9.21 Å². The van der Waals surface area contributed by atoms with Crippen molar-refractivity contribution in [3.05, 3.63) is 35.4 Å². The van der Waals surface area contributed by atoms with Gasteiger partial charge in [-0.05, 0) is 38.4 Å². The Labute approximate surface area is 127 Å². The van der Waals surface area contributed by atoms with Crippen molar-refractivity contribution in [2.45, 2.75) is 38.8 Å². The number of hydrogen-bond acceptors (Lipinski definition) is 3. The molecule has 1 atom stereocenters. The van der Waals surface area contributed by atoms with Crippen molar-refractivity contribution in [1.29, 1.82) is 0 Å². The molecule has 1 aromatic carbocycles. The summed E-state index contributed by atoms with van der Waals surface area (Å²) in [6, 6.07) is 8.32. The maximum absolute atomic E-state index is 12.4. The van der Waals surface area contributed by atoms with Gasteiger partial charge in [0.1, 0.15) is 0 Å². The highest BCUT2D eigenvalue weighted by Crippen LogP contribution is 2.24. The molecule has 116 valence electrons. The smallest absolute Gasteiger partial charge is 0.216 e. The molecule has 21 heavy (non-hydrogen) atoms. The largest absolute Gasteiger partial charge is 0.298 e. The Morgan fingerprint density at radius 1 is 1.10 bits per heavy atom. The highest BCUT2D eigenvalue weighted by Gasteiger charge is 2.39. The molecular formula is C16H24N2O2S. The first-order chi connectivity index (χ1) is 10.0. The molecule has 1 unspecified atom stereocenters. The van der Waals surface area contributed by atoms with Crippen LogP contribution < -0.4 is 0 Å². The van der Waals surface area contributed by atoms with Crippen LogP contribution in [-0.2, 0) is 16.6 Å². The fraction of sp³-hybridized carbons (Fsp3) is 0.625. The van der Waals surface area contributed by atoms with Crippen molar-refractivity contribution in [2.24, 2.45) is 0 Å². The molecule has 0 bridgehead atoms. The first-order valence-electron chi connectivity index (χ1n) is 7.82. The Morgan fingerprint density at radius 3 is 2.43 bits per heavy atom. The van der Waals surface area contributed by atoms with Crippen LogP contribution in [0.1, 0.15) is 30.4 Å². The van der Waals surface area contributed by atoms with Crippen LogP contribution in [0.4, 0.5) is 0 Å². The quantitative estimate of drug-likeness (QED) is 0.857. The number of benzene rings is 1. The molecule has 3 rings (SSSR count). The van der Waals surface area contributed by atoms with Gasteiger partial charge in [0.25, 0.3) is 0 Å². The van der Waals surface area contributed by atoms with Gasteiger partial charge in [-0.15, -0.1) is 0 Å². The molecule has 0 radical (unpaired) electrons. The highest BCUT2D eigenvalue weighted by atomic mass is 32.2. The van der Waals surface area contributed by atoms with E-state index in [1.807, 2.05) is 31.2 Å². The van der Waals surface area contributed by atoms with Crippen LogP contribution in [0.15, 0.2) is 24.3 Å². The summed E-state index contributed by atoms with van der Waals surface area (Å²) in [6.07, 6.45) is 3.69. The lowest BCUT2D eigenvalue weighted by atomic mass is 10.1. The van der Waals surface area contributed by atoms with E-state index in [1.54, 1.807) is 4.31 Å². The molecule has 0 N–H and O–H groups in total. The van der Waals surface area contributed by atoms with E-state index in [1.165, 1.54) is 24.8 Å². The van der Waals surface area contributed by atoms with Gasteiger partial charge in [0.05, 0.1) is 5.75 Å². The van der Waals surface area contributed by atoms with Gasteiger partial charge in [0.15, 0.2) is 0 Å². The predicted octanol–water partition coefficient (Wildman–Crippen LogP) is 1.99. The van der Waals surface area contributed by atoms with Crippen LogP contribution >= 0.6 is 0 Å². The summed E-state index contributed by atoms with van der Waals surface area (Å²) >= 11 is 0. The van der Waals surface area contributed by atoms with Gasteiger partial charge < -0.3 is 0 Å². The van der Waals surface area contributed by atoms with Gasteiger partial charge in [-0.3, -0.25) is 4.90 Å². The summed E-state index contributed by atoms with van der Waals surface area (Å²) in [5, 5.41) is 0. The second-order valence-electron chi connectivity index (χ2n) is 6.31. The molecule has 0 aromatic heterocycles. The lowest BCUT2D eigenvalue weighted by Gasteiger charge is -2.31. The fourth-order valence-electron chi connectivity index (χ4n) is 3.31. The average Bonchev–Trinajstić information content (AvgIpc) is 2.78. The molecule has 1 aromatic rings. The van der Waals surface area contributed by atoms with E-state index >= 15 is 0 Å². The third-order valence-corrected chi connectivity index (χ3v) is 6.47. The van der Waals surface area contributed by atoms with Gasteiger partial charge >= 0.3 is 0 Å². The summed E-state index contributed by atoms with van der Waals surface area (Å²) in [4.78, 5) is 2.37.